The van der Waals surface area contributed by atoms with Gasteiger partial charge in [0.1, 0.15) is 11.5 Å². The van der Waals surface area contributed by atoms with Gasteiger partial charge in [-0.15, -0.1) is 17.9 Å². The molecule has 0 aliphatic heterocycles. The van der Waals surface area contributed by atoms with Crippen molar-refractivity contribution in [2.45, 2.75) is 6.61 Å². The van der Waals surface area contributed by atoms with Gasteiger partial charge in [0.25, 0.3) is 0 Å². The van der Waals surface area contributed by atoms with Crippen LogP contribution in [-0.4, -0.2) is 45.4 Å². The van der Waals surface area contributed by atoms with E-state index in [1.54, 1.807) is 62.6 Å². The average Bonchev–Trinajstić information content (AvgIpc) is 3.23. The number of methoxy groups -OCH3 is 3. The summed E-state index contributed by atoms with van der Waals surface area (Å²) in [5.74, 6) is 1.68. The van der Waals surface area contributed by atoms with Gasteiger partial charge in [-0.3, -0.25) is 4.99 Å². The first-order chi connectivity index (χ1) is 16.0. The van der Waals surface area contributed by atoms with E-state index in [9.17, 15) is 8.78 Å². The summed E-state index contributed by atoms with van der Waals surface area (Å²) in [5.41, 5.74) is 2.14. The number of ether oxygens (including phenoxy) is 4. The number of halogens is 2. The Morgan fingerprint density at radius 1 is 1.03 bits per heavy atom. The number of rotatable bonds is 10. The molecule has 1 heterocycles. The molecular formula is C23H23F2N3O4S. The molecule has 0 N–H and O–H groups in total. The maximum Gasteiger partial charge on any atom is 0.387 e. The fourth-order valence-corrected chi connectivity index (χ4v) is 3.79. The number of thiazole rings is 1. The van der Waals surface area contributed by atoms with Crippen LogP contribution < -0.4 is 23.7 Å². The second kappa shape index (κ2) is 11.3. The van der Waals surface area contributed by atoms with E-state index in [1.807, 2.05) is 5.38 Å². The minimum Gasteiger partial charge on any atom is -0.496 e. The Labute approximate surface area is 193 Å². The van der Waals surface area contributed by atoms with Gasteiger partial charge >= 0.3 is 6.61 Å². The Balaban J connectivity index is 2.06. The summed E-state index contributed by atoms with van der Waals surface area (Å²) in [6.45, 7) is 1.23. The Hall–Kier alpha value is -3.66. The predicted molar refractivity (Wildman–Crippen MR) is 124 cm³/mol. The molecule has 3 aromatic rings. The zero-order valence-electron chi connectivity index (χ0n) is 18.3. The molecule has 0 fully saturated rings. The summed E-state index contributed by atoms with van der Waals surface area (Å²) >= 11 is 1.39. The molecule has 0 atom stereocenters. The number of aromatic nitrogens is 1. The van der Waals surface area contributed by atoms with Crippen LogP contribution in [0.4, 0.5) is 8.78 Å². The van der Waals surface area contributed by atoms with Crippen LogP contribution in [0.2, 0.25) is 0 Å². The number of alkyl halides is 2. The van der Waals surface area contributed by atoms with Crippen LogP contribution in [0.3, 0.4) is 0 Å². The summed E-state index contributed by atoms with van der Waals surface area (Å²) in [6, 6.07) is 9.78. The highest BCUT2D eigenvalue weighted by Gasteiger charge is 2.12. The average molecular weight is 476 g/mol. The number of nitrogens with zero attached hydrogens (tertiary/aromatic N) is 3. The van der Waals surface area contributed by atoms with E-state index in [4.69, 9.17) is 14.2 Å². The first kappa shape index (κ1) is 24.0. The summed E-state index contributed by atoms with van der Waals surface area (Å²) in [4.78, 5) is 5.13. The molecule has 0 unspecified atom stereocenters. The van der Waals surface area contributed by atoms with Crippen LogP contribution in [-0.2, 0) is 0 Å². The van der Waals surface area contributed by atoms with Gasteiger partial charge in [-0.25, -0.2) is 4.68 Å². The van der Waals surface area contributed by atoms with Crippen molar-refractivity contribution in [2.75, 3.05) is 27.9 Å². The number of benzene rings is 2. The zero-order chi connectivity index (χ0) is 23.8. The molecule has 0 saturated heterocycles. The Bertz CT molecular complexity index is 1190. The van der Waals surface area contributed by atoms with Crippen LogP contribution in [0.1, 0.15) is 5.56 Å². The first-order valence-corrected chi connectivity index (χ1v) is 10.6. The molecular weight excluding hydrogens is 452 g/mol. The minimum atomic E-state index is -2.88. The molecule has 0 spiro atoms. The molecule has 0 radical (unpaired) electrons. The molecule has 3 rings (SSSR count). The van der Waals surface area contributed by atoms with Gasteiger partial charge in [-0.1, -0.05) is 6.08 Å². The van der Waals surface area contributed by atoms with Crippen molar-refractivity contribution in [1.29, 1.82) is 0 Å². The molecule has 33 heavy (non-hydrogen) atoms. The van der Waals surface area contributed by atoms with E-state index in [0.29, 0.717) is 34.2 Å². The lowest BCUT2D eigenvalue weighted by Gasteiger charge is -2.12. The highest BCUT2D eigenvalue weighted by atomic mass is 32.1. The quantitative estimate of drug-likeness (QED) is 0.312. The summed E-state index contributed by atoms with van der Waals surface area (Å²) in [7, 11) is 4.64. The maximum atomic E-state index is 12.5. The lowest BCUT2D eigenvalue weighted by Crippen LogP contribution is -2.12. The fourth-order valence-electron chi connectivity index (χ4n) is 2.94. The highest BCUT2D eigenvalue weighted by Crippen LogP contribution is 2.34. The summed E-state index contributed by atoms with van der Waals surface area (Å²) in [6.07, 6.45) is 3.31. The lowest BCUT2D eigenvalue weighted by molar-refractivity contribution is -0.0498. The minimum absolute atomic E-state index is 0.0747. The molecule has 0 aliphatic rings. The molecule has 7 nitrogen and oxygen atoms in total. The standard InChI is InChI=1S/C23H23F2N3O4S/c1-5-10-26-23-28(18(14-33-23)15-6-8-17(9-7-15)32-22(24)25)27-13-16-11-20(30-3)21(31-4)12-19(16)29-2/h5-9,11-14,22H,1,10H2,2-4H3/b26-23?,27-13-. The van der Waals surface area contributed by atoms with Gasteiger partial charge in [-0.2, -0.15) is 13.9 Å². The molecule has 0 amide bonds. The third-order valence-corrected chi connectivity index (χ3v) is 5.32. The van der Waals surface area contributed by atoms with Gasteiger partial charge < -0.3 is 18.9 Å². The molecule has 1 aromatic heterocycles. The SMILES string of the molecule is C=CCN=c1scc(-c2ccc(OC(F)F)cc2)n1/N=C\c1cc(OC)c(OC)cc1OC. The van der Waals surface area contributed by atoms with Gasteiger partial charge in [0.2, 0.25) is 4.80 Å². The predicted octanol–water partition coefficient (Wildman–Crippen LogP) is 4.81. The van der Waals surface area contributed by atoms with E-state index >= 15 is 0 Å². The van der Waals surface area contributed by atoms with Crippen molar-refractivity contribution in [1.82, 2.24) is 4.68 Å². The lowest BCUT2D eigenvalue weighted by atomic mass is 10.1. The zero-order valence-corrected chi connectivity index (χ0v) is 19.1. The molecule has 2 aromatic carbocycles. The van der Waals surface area contributed by atoms with E-state index in [2.05, 4.69) is 21.4 Å². The van der Waals surface area contributed by atoms with E-state index < -0.39 is 6.61 Å². The van der Waals surface area contributed by atoms with Gasteiger partial charge in [0.15, 0.2) is 11.5 Å². The second-order valence-corrected chi connectivity index (χ2v) is 7.28. The maximum absolute atomic E-state index is 12.5. The van der Waals surface area contributed by atoms with Crippen LogP contribution in [0.15, 0.2) is 64.5 Å². The molecule has 0 saturated carbocycles. The van der Waals surface area contributed by atoms with Crippen molar-refractivity contribution in [2.24, 2.45) is 10.1 Å². The van der Waals surface area contributed by atoms with E-state index in [0.717, 1.165) is 11.3 Å². The second-order valence-electron chi connectivity index (χ2n) is 6.44. The van der Waals surface area contributed by atoms with Crippen molar-refractivity contribution in [3.05, 3.63) is 64.8 Å². The van der Waals surface area contributed by atoms with Crippen LogP contribution >= 0.6 is 11.3 Å². The van der Waals surface area contributed by atoms with Crippen LogP contribution in [0.5, 0.6) is 23.0 Å². The van der Waals surface area contributed by atoms with Gasteiger partial charge in [0, 0.05) is 22.6 Å². The normalized spacial score (nSPS) is 11.8. The first-order valence-electron chi connectivity index (χ1n) is 9.72. The Morgan fingerprint density at radius 2 is 1.70 bits per heavy atom. The van der Waals surface area contributed by atoms with E-state index in [-0.39, 0.29) is 5.75 Å². The van der Waals surface area contributed by atoms with Crippen molar-refractivity contribution < 1.29 is 27.7 Å². The summed E-state index contributed by atoms with van der Waals surface area (Å²) in [5, 5.41) is 6.51. The molecule has 174 valence electrons. The highest BCUT2D eigenvalue weighted by molar-refractivity contribution is 7.07. The third kappa shape index (κ3) is 5.78. The number of hydrogen-bond donors (Lipinski definition) is 0. The van der Waals surface area contributed by atoms with Crippen molar-refractivity contribution >= 4 is 17.6 Å². The summed E-state index contributed by atoms with van der Waals surface area (Å²) < 4.78 is 47.2. The van der Waals surface area contributed by atoms with Crippen molar-refractivity contribution in [3.8, 4) is 34.3 Å². The molecule has 0 bridgehead atoms. The third-order valence-electron chi connectivity index (χ3n) is 4.46. The van der Waals surface area contributed by atoms with Gasteiger partial charge in [-0.05, 0) is 30.3 Å². The molecule has 10 heteroatoms. The number of hydrogen-bond acceptors (Lipinski definition) is 7. The fraction of sp³-hybridized carbons (Fsp3) is 0.217. The smallest absolute Gasteiger partial charge is 0.387 e. The molecule has 0 aliphatic carbocycles. The van der Waals surface area contributed by atoms with Crippen molar-refractivity contribution in [3.63, 3.8) is 0 Å². The van der Waals surface area contributed by atoms with Crippen LogP contribution in [0, 0.1) is 0 Å². The van der Waals surface area contributed by atoms with Gasteiger partial charge in [0.05, 0.1) is 39.8 Å². The van der Waals surface area contributed by atoms with E-state index in [1.165, 1.54) is 23.5 Å². The monoisotopic (exact) mass is 475 g/mol. The Kier molecular flexibility index (Phi) is 8.20. The Morgan fingerprint density at radius 3 is 2.30 bits per heavy atom. The largest absolute Gasteiger partial charge is 0.496 e. The topological polar surface area (TPSA) is 66.6 Å². The van der Waals surface area contributed by atoms with Crippen LogP contribution in [0.25, 0.3) is 11.3 Å².